The van der Waals surface area contributed by atoms with Gasteiger partial charge in [0.25, 0.3) is 0 Å². The minimum Gasteiger partial charge on any atom is -0.340 e. The SMILES string of the molecule is CC(C)C(C)(C)C(=O)N(C)C(C)(C)C(C)(C)C. The van der Waals surface area contributed by atoms with Crippen molar-refractivity contribution in [2.24, 2.45) is 16.7 Å². The molecule has 0 atom stereocenters. The number of rotatable bonds is 3. The van der Waals surface area contributed by atoms with E-state index in [0.717, 1.165) is 0 Å². The molecule has 0 N–H and O–H groups in total. The minimum atomic E-state index is -0.308. The van der Waals surface area contributed by atoms with E-state index in [2.05, 4.69) is 48.5 Å². The van der Waals surface area contributed by atoms with Crippen molar-refractivity contribution in [2.75, 3.05) is 7.05 Å². The molecule has 102 valence electrons. The Labute approximate surface area is 108 Å². The van der Waals surface area contributed by atoms with E-state index < -0.39 is 0 Å². The number of carbonyl (C=O) groups excluding carboxylic acids is 1. The molecule has 0 aromatic rings. The second kappa shape index (κ2) is 4.62. The average molecular weight is 241 g/mol. The molecule has 0 rings (SSSR count). The van der Waals surface area contributed by atoms with Crippen molar-refractivity contribution in [3.63, 3.8) is 0 Å². The van der Waals surface area contributed by atoms with Crippen LogP contribution in [-0.2, 0) is 4.79 Å². The lowest BCUT2D eigenvalue weighted by molar-refractivity contribution is -0.150. The highest BCUT2D eigenvalue weighted by Gasteiger charge is 2.43. The maximum absolute atomic E-state index is 12.6. The molecule has 2 nitrogen and oxygen atoms in total. The van der Waals surface area contributed by atoms with E-state index in [1.165, 1.54) is 0 Å². The van der Waals surface area contributed by atoms with Crippen LogP contribution in [0.25, 0.3) is 0 Å². The first-order valence-corrected chi connectivity index (χ1v) is 6.54. The smallest absolute Gasteiger partial charge is 0.228 e. The van der Waals surface area contributed by atoms with E-state index in [4.69, 9.17) is 0 Å². The zero-order chi connectivity index (χ0) is 14.2. The van der Waals surface area contributed by atoms with Gasteiger partial charge in [-0.3, -0.25) is 4.79 Å². The molecule has 0 aromatic carbocycles. The monoisotopic (exact) mass is 241 g/mol. The molecular weight excluding hydrogens is 210 g/mol. The van der Waals surface area contributed by atoms with Crippen molar-refractivity contribution < 1.29 is 4.79 Å². The first-order chi connectivity index (χ1) is 7.26. The van der Waals surface area contributed by atoms with Crippen LogP contribution >= 0.6 is 0 Å². The largest absolute Gasteiger partial charge is 0.340 e. The molecule has 0 aromatic heterocycles. The normalized spacial score (nSPS) is 14.1. The van der Waals surface area contributed by atoms with Crippen LogP contribution in [0.5, 0.6) is 0 Å². The van der Waals surface area contributed by atoms with Gasteiger partial charge in [0.1, 0.15) is 0 Å². The van der Waals surface area contributed by atoms with Crippen LogP contribution < -0.4 is 0 Å². The van der Waals surface area contributed by atoms with Gasteiger partial charge in [-0.05, 0) is 25.2 Å². The predicted octanol–water partition coefficient (Wildman–Crippen LogP) is 3.95. The molecule has 0 spiro atoms. The molecule has 0 saturated heterocycles. The zero-order valence-corrected chi connectivity index (χ0v) is 13.4. The van der Waals surface area contributed by atoms with Gasteiger partial charge >= 0.3 is 0 Å². The molecule has 2 heteroatoms. The Bertz CT molecular complexity index is 282. The molecule has 1 amide bonds. The summed E-state index contributed by atoms with van der Waals surface area (Å²) in [6.45, 7) is 19.1. The predicted molar refractivity (Wildman–Crippen MR) is 74.9 cm³/mol. The second-order valence-electron chi connectivity index (χ2n) is 7.55. The van der Waals surface area contributed by atoms with Gasteiger partial charge < -0.3 is 4.90 Å². The van der Waals surface area contributed by atoms with Crippen molar-refractivity contribution in [1.29, 1.82) is 0 Å². The third-order valence-electron chi connectivity index (χ3n) is 4.97. The molecular formula is C15H31NO. The Balaban J connectivity index is 5.22. The Hall–Kier alpha value is -0.530. The molecule has 0 saturated carbocycles. The van der Waals surface area contributed by atoms with Crippen LogP contribution in [0.3, 0.4) is 0 Å². The molecule has 0 aliphatic rings. The van der Waals surface area contributed by atoms with Crippen LogP contribution in [0, 0.1) is 16.7 Å². The topological polar surface area (TPSA) is 20.3 Å². The van der Waals surface area contributed by atoms with Gasteiger partial charge in [0.2, 0.25) is 5.91 Å². The fourth-order valence-corrected chi connectivity index (χ4v) is 1.44. The molecule has 0 radical (unpaired) electrons. The van der Waals surface area contributed by atoms with E-state index >= 15 is 0 Å². The first-order valence-electron chi connectivity index (χ1n) is 6.54. The zero-order valence-electron chi connectivity index (χ0n) is 13.4. The summed E-state index contributed by atoms with van der Waals surface area (Å²) in [5.74, 6) is 0.570. The molecule has 0 fully saturated rings. The van der Waals surface area contributed by atoms with Crippen LogP contribution in [0.1, 0.15) is 62.3 Å². The van der Waals surface area contributed by atoms with E-state index in [1.54, 1.807) is 0 Å². The number of nitrogens with zero attached hydrogens (tertiary/aromatic N) is 1. The summed E-state index contributed by atoms with van der Waals surface area (Å²) in [7, 11) is 1.93. The summed E-state index contributed by atoms with van der Waals surface area (Å²) in [5, 5.41) is 0. The third-order valence-corrected chi connectivity index (χ3v) is 4.97. The molecule has 0 aliphatic carbocycles. The van der Waals surface area contributed by atoms with Crippen molar-refractivity contribution in [3.05, 3.63) is 0 Å². The van der Waals surface area contributed by atoms with Crippen LogP contribution in [0.2, 0.25) is 0 Å². The second-order valence-corrected chi connectivity index (χ2v) is 7.55. The van der Waals surface area contributed by atoms with Gasteiger partial charge in [-0.15, -0.1) is 0 Å². The standard InChI is InChI=1S/C15H31NO/c1-11(2)14(6,7)12(17)16(10)15(8,9)13(3,4)5/h11H,1-10H3. The highest BCUT2D eigenvalue weighted by Crippen LogP contribution is 2.38. The summed E-state index contributed by atoms with van der Waals surface area (Å²) < 4.78 is 0. The van der Waals surface area contributed by atoms with Crippen LogP contribution in [0.4, 0.5) is 0 Å². The van der Waals surface area contributed by atoms with Gasteiger partial charge in [0.15, 0.2) is 0 Å². The van der Waals surface area contributed by atoms with Crippen molar-refractivity contribution in [1.82, 2.24) is 4.90 Å². The maximum Gasteiger partial charge on any atom is 0.228 e. The Morgan fingerprint density at radius 2 is 1.29 bits per heavy atom. The van der Waals surface area contributed by atoms with Gasteiger partial charge in [0.05, 0.1) is 0 Å². The molecule has 0 aliphatic heterocycles. The maximum atomic E-state index is 12.6. The summed E-state index contributed by atoms with van der Waals surface area (Å²) in [6, 6.07) is 0. The van der Waals surface area contributed by atoms with Crippen LogP contribution in [0.15, 0.2) is 0 Å². The summed E-state index contributed by atoms with van der Waals surface area (Å²) in [6.07, 6.45) is 0. The molecule has 0 unspecified atom stereocenters. The number of carbonyl (C=O) groups is 1. The van der Waals surface area contributed by atoms with Crippen molar-refractivity contribution in [3.8, 4) is 0 Å². The fourth-order valence-electron chi connectivity index (χ4n) is 1.44. The van der Waals surface area contributed by atoms with Crippen LogP contribution in [-0.4, -0.2) is 23.4 Å². The lowest BCUT2D eigenvalue weighted by Crippen LogP contribution is -2.57. The van der Waals surface area contributed by atoms with Gasteiger partial charge in [-0.2, -0.15) is 0 Å². The highest BCUT2D eigenvalue weighted by molar-refractivity contribution is 5.82. The lowest BCUT2D eigenvalue weighted by atomic mass is 9.73. The van der Waals surface area contributed by atoms with Gasteiger partial charge in [-0.1, -0.05) is 48.5 Å². The fraction of sp³-hybridized carbons (Fsp3) is 0.933. The van der Waals surface area contributed by atoms with Gasteiger partial charge in [0, 0.05) is 18.0 Å². The third kappa shape index (κ3) is 3.02. The van der Waals surface area contributed by atoms with Crippen molar-refractivity contribution in [2.45, 2.75) is 67.9 Å². The van der Waals surface area contributed by atoms with Crippen molar-refractivity contribution >= 4 is 5.91 Å². The summed E-state index contributed by atoms with van der Waals surface area (Å²) in [5.41, 5.74) is -0.405. The lowest BCUT2D eigenvalue weighted by Gasteiger charge is -2.48. The van der Waals surface area contributed by atoms with Gasteiger partial charge in [-0.25, -0.2) is 0 Å². The quantitative estimate of drug-likeness (QED) is 0.732. The van der Waals surface area contributed by atoms with E-state index in [-0.39, 0.29) is 22.3 Å². The highest BCUT2D eigenvalue weighted by atomic mass is 16.2. The number of hydrogen-bond acceptors (Lipinski definition) is 1. The molecule has 17 heavy (non-hydrogen) atoms. The Kier molecular flexibility index (Phi) is 4.48. The average Bonchev–Trinajstić information content (AvgIpc) is 2.13. The Morgan fingerprint density at radius 3 is 1.53 bits per heavy atom. The number of amides is 1. The van der Waals surface area contributed by atoms with E-state index in [1.807, 2.05) is 25.8 Å². The Morgan fingerprint density at radius 1 is 0.941 bits per heavy atom. The summed E-state index contributed by atoms with van der Waals surface area (Å²) >= 11 is 0. The number of hydrogen-bond donors (Lipinski definition) is 0. The first kappa shape index (κ1) is 16.5. The summed E-state index contributed by atoms with van der Waals surface area (Å²) in [4.78, 5) is 14.5. The molecule has 0 bridgehead atoms. The molecule has 0 heterocycles. The van der Waals surface area contributed by atoms with E-state index in [0.29, 0.717) is 5.92 Å². The minimum absolute atomic E-state index is 0.0600. The van der Waals surface area contributed by atoms with E-state index in [9.17, 15) is 4.79 Å².